The second-order valence-corrected chi connectivity index (χ2v) is 7.44. The standard InChI is InChI=1S/C23H19NO4S/c1-16-3-11-20(12-4-16)29-23-14-6-17(15-21(23)24(26)27)5-13-22(25)18-7-9-19(28-2)10-8-18/h3-15H,1-2H3/b13-5+. The Bertz CT molecular complexity index is 1060. The van der Waals surface area contributed by atoms with Crippen molar-refractivity contribution in [3.8, 4) is 5.75 Å². The first kappa shape index (κ1) is 20.4. The molecule has 0 aliphatic rings. The van der Waals surface area contributed by atoms with Gasteiger partial charge in [0.15, 0.2) is 5.78 Å². The van der Waals surface area contributed by atoms with Gasteiger partial charge in [0.25, 0.3) is 5.69 Å². The maximum absolute atomic E-state index is 12.3. The Hall–Kier alpha value is -3.38. The molecular weight excluding hydrogens is 386 g/mol. The van der Waals surface area contributed by atoms with E-state index in [2.05, 4.69) is 0 Å². The fourth-order valence-corrected chi connectivity index (χ4v) is 3.52. The highest BCUT2D eigenvalue weighted by molar-refractivity contribution is 7.99. The maximum Gasteiger partial charge on any atom is 0.283 e. The number of ketones is 1. The number of allylic oxidation sites excluding steroid dienone is 1. The maximum atomic E-state index is 12.3. The van der Waals surface area contributed by atoms with E-state index >= 15 is 0 Å². The number of hydrogen-bond donors (Lipinski definition) is 0. The highest BCUT2D eigenvalue weighted by Gasteiger charge is 2.15. The van der Waals surface area contributed by atoms with Crippen LogP contribution >= 0.6 is 11.8 Å². The fraction of sp³-hybridized carbons (Fsp3) is 0.0870. The molecule has 0 aliphatic heterocycles. The van der Waals surface area contributed by atoms with E-state index in [1.807, 2.05) is 31.2 Å². The molecule has 0 aliphatic carbocycles. The number of nitrogens with zero attached hydrogens (tertiary/aromatic N) is 1. The molecule has 0 unspecified atom stereocenters. The summed E-state index contributed by atoms with van der Waals surface area (Å²) in [5.74, 6) is 0.483. The summed E-state index contributed by atoms with van der Waals surface area (Å²) in [5, 5.41) is 11.5. The third-order valence-electron chi connectivity index (χ3n) is 4.23. The molecule has 29 heavy (non-hydrogen) atoms. The Kier molecular flexibility index (Phi) is 6.46. The minimum Gasteiger partial charge on any atom is -0.497 e. The number of methoxy groups -OCH3 is 1. The highest BCUT2D eigenvalue weighted by atomic mass is 32.2. The summed E-state index contributed by atoms with van der Waals surface area (Å²) in [6.45, 7) is 1.99. The van der Waals surface area contributed by atoms with Crippen LogP contribution in [0.15, 0.2) is 82.6 Å². The van der Waals surface area contributed by atoms with Crippen LogP contribution in [0.3, 0.4) is 0 Å². The summed E-state index contributed by atoms with van der Waals surface area (Å²) < 4.78 is 5.08. The van der Waals surface area contributed by atoms with Crippen molar-refractivity contribution in [2.45, 2.75) is 16.7 Å². The molecule has 0 amide bonds. The van der Waals surface area contributed by atoms with E-state index in [-0.39, 0.29) is 11.5 Å². The first-order valence-corrected chi connectivity index (χ1v) is 9.67. The van der Waals surface area contributed by atoms with Gasteiger partial charge in [-0.15, -0.1) is 0 Å². The normalized spacial score (nSPS) is 10.8. The molecule has 0 N–H and O–H groups in total. The molecular formula is C23H19NO4S. The van der Waals surface area contributed by atoms with Gasteiger partial charge in [0.1, 0.15) is 5.75 Å². The zero-order valence-electron chi connectivity index (χ0n) is 16.0. The van der Waals surface area contributed by atoms with Gasteiger partial charge in [-0.25, -0.2) is 0 Å². The lowest BCUT2D eigenvalue weighted by Gasteiger charge is -2.05. The van der Waals surface area contributed by atoms with Crippen molar-refractivity contribution in [1.29, 1.82) is 0 Å². The molecule has 0 heterocycles. The third kappa shape index (κ3) is 5.33. The van der Waals surface area contributed by atoms with Crippen LogP contribution in [-0.2, 0) is 0 Å². The zero-order chi connectivity index (χ0) is 20.8. The molecule has 0 saturated carbocycles. The summed E-state index contributed by atoms with van der Waals surface area (Å²) in [7, 11) is 1.56. The topological polar surface area (TPSA) is 69.4 Å². The van der Waals surface area contributed by atoms with E-state index < -0.39 is 4.92 Å². The van der Waals surface area contributed by atoms with Gasteiger partial charge in [-0.05, 0) is 61.0 Å². The van der Waals surface area contributed by atoms with Gasteiger partial charge < -0.3 is 4.74 Å². The minimum atomic E-state index is -0.404. The van der Waals surface area contributed by atoms with E-state index in [4.69, 9.17) is 4.74 Å². The summed E-state index contributed by atoms with van der Waals surface area (Å²) in [5.41, 5.74) is 2.25. The van der Waals surface area contributed by atoms with Gasteiger partial charge in [-0.3, -0.25) is 14.9 Å². The number of nitro groups is 1. The lowest BCUT2D eigenvalue weighted by atomic mass is 10.1. The summed E-state index contributed by atoms with van der Waals surface area (Å²) in [6.07, 6.45) is 2.99. The predicted octanol–water partition coefficient (Wildman–Crippen LogP) is 5.96. The van der Waals surface area contributed by atoms with Crippen molar-refractivity contribution in [2.75, 3.05) is 7.11 Å². The van der Waals surface area contributed by atoms with Crippen LogP contribution in [0.5, 0.6) is 5.75 Å². The van der Waals surface area contributed by atoms with E-state index in [1.54, 1.807) is 49.6 Å². The Balaban J connectivity index is 1.79. The smallest absolute Gasteiger partial charge is 0.283 e. The first-order chi connectivity index (χ1) is 14.0. The molecule has 3 rings (SSSR count). The van der Waals surface area contributed by atoms with Gasteiger partial charge in [-0.1, -0.05) is 41.6 Å². The van der Waals surface area contributed by atoms with Crippen LogP contribution in [0, 0.1) is 17.0 Å². The van der Waals surface area contributed by atoms with E-state index in [0.29, 0.717) is 21.8 Å². The van der Waals surface area contributed by atoms with Crippen LogP contribution in [0.4, 0.5) is 5.69 Å². The van der Waals surface area contributed by atoms with Crippen molar-refractivity contribution in [3.63, 3.8) is 0 Å². The predicted molar refractivity (Wildman–Crippen MR) is 115 cm³/mol. The zero-order valence-corrected chi connectivity index (χ0v) is 16.8. The molecule has 5 nitrogen and oxygen atoms in total. The summed E-state index contributed by atoms with van der Waals surface area (Å²) in [4.78, 5) is 24.9. The number of ether oxygens (including phenoxy) is 1. The second kappa shape index (κ2) is 9.21. The average Bonchev–Trinajstić information content (AvgIpc) is 2.74. The number of rotatable bonds is 7. The van der Waals surface area contributed by atoms with Crippen LogP contribution in [-0.4, -0.2) is 17.8 Å². The summed E-state index contributed by atoms with van der Waals surface area (Å²) in [6, 6.07) is 19.5. The fourth-order valence-electron chi connectivity index (χ4n) is 2.62. The molecule has 146 valence electrons. The minimum absolute atomic E-state index is 0.00891. The molecule has 0 fully saturated rings. The van der Waals surface area contributed by atoms with E-state index in [9.17, 15) is 14.9 Å². The highest BCUT2D eigenvalue weighted by Crippen LogP contribution is 2.35. The van der Waals surface area contributed by atoms with Crippen molar-refractivity contribution >= 4 is 29.3 Å². The number of aryl methyl sites for hydroxylation is 1. The van der Waals surface area contributed by atoms with E-state index in [0.717, 1.165) is 10.5 Å². The first-order valence-electron chi connectivity index (χ1n) is 8.85. The van der Waals surface area contributed by atoms with Crippen molar-refractivity contribution in [2.24, 2.45) is 0 Å². The lowest BCUT2D eigenvalue weighted by molar-refractivity contribution is -0.387. The number of benzene rings is 3. The van der Waals surface area contributed by atoms with Crippen LogP contribution in [0.25, 0.3) is 6.08 Å². The Labute approximate surface area is 173 Å². The molecule has 0 bridgehead atoms. The lowest BCUT2D eigenvalue weighted by Crippen LogP contribution is -1.95. The molecule has 6 heteroatoms. The second-order valence-electron chi connectivity index (χ2n) is 6.33. The Morgan fingerprint density at radius 3 is 2.34 bits per heavy atom. The van der Waals surface area contributed by atoms with Gasteiger partial charge in [-0.2, -0.15) is 0 Å². The van der Waals surface area contributed by atoms with Gasteiger partial charge in [0, 0.05) is 16.5 Å². The summed E-state index contributed by atoms with van der Waals surface area (Å²) >= 11 is 1.34. The van der Waals surface area contributed by atoms with Gasteiger partial charge in [0.05, 0.1) is 16.9 Å². The largest absolute Gasteiger partial charge is 0.497 e. The number of nitro benzene ring substituents is 1. The van der Waals surface area contributed by atoms with Crippen molar-refractivity contribution < 1.29 is 14.5 Å². The quantitative estimate of drug-likeness (QED) is 0.210. The molecule has 0 atom stereocenters. The number of hydrogen-bond acceptors (Lipinski definition) is 5. The SMILES string of the molecule is COc1ccc(C(=O)/C=C/c2ccc(Sc3ccc(C)cc3)c([N+](=O)[O-])c2)cc1. The van der Waals surface area contributed by atoms with Crippen LogP contribution in [0.2, 0.25) is 0 Å². The van der Waals surface area contributed by atoms with Crippen LogP contribution < -0.4 is 4.74 Å². The average molecular weight is 405 g/mol. The Morgan fingerprint density at radius 1 is 1.03 bits per heavy atom. The molecule has 0 spiro atoms. The van der Waals surface area contributed by atoms with Crippen molar-refractivity contribution in [1.82, 2.24) is 0 Å². The number of carbonyl (C=O) groups excluding carboxylic acids is 1. The monoisotopic (exact) mass is 405 g/mol. The van der Waals surface area contributed by atoms with E-state index in [1.165, 1.54) is 23.9 Å². The van der Waals surface area contributed by atoms with Gasteiger partial charge >= 0.3 is 0 Å². The van der Waals surface area contributed by atoms with Crippen LogP contribution in [0.1, 0.15) is 21.5 Å². The van der Waals surface area contributed by atoms with Gasteiger partial charge in [0.2, 0.25) is 0 Å². The third-order valence-corrected chi connectivity index (χ3v) is 5.30. The molecule has 0 radical (unpaired) electrons. The molecule has 0 saturated heterocycles. The van der Waals surface area contributed by atoms with Crippen molar-refractivity contribution in [3.05, 3.63) is 99.6 Å². The molecule has 0 aromatic heterocycles. The molecule has 3 aromatic rings. The number of carbonyl (C=O) groups is 1. The molecule has 3 aromatic carbocycles. The Morgan fingerprint density at radius 2 is 1.72 bits per heavy atom.